The van der Waals surface area contributed by atoms with E-state index in [1.165, 1.54) is 41.6 Å². The number of non-ortho nitro benzene ring substituents is 1. The number of esters is 1. The zero-order chi connectivity index (χ0) is 19.1. The van der Waals surface area contributed by atoms with Gasteiger partial charge in [-0.25, -0.2) is 19.3 Å². The molecule has 1 heterocycles. The SMILES string of the molecule is CC(C)OC(=O)C(Cn1cncn1)OC(=O)Oc1ccc([N+](=O)[O-])cc1. The molecule has 26 heavy (non-hydrogen) atoms. The van der Waals surface area contributed by atoms with Crippen LogP contribution in [-0.2, 0) is 20.8 Å². The molecule has 0 saturated carbocycles. The second-order valence-corrected chi connectivity index (χ2v) is 5.31. The Labute approximate surface area is 147 Å². The van der Waals surface area contributed by atoms with Crippen LogP contribution in [0.5, 0.6) is 5.75 Å². The van der Waals surface area contributed by atoms with Gasteiger partial charge in [-0.15, -0.1) is 0 Å². The highest BCUT2D eigenvalue weighted by atomic mass is 16.7. The maximum absolute atomic E-state index is 12.1. The summed E-state index contributed by atoms with van der Waals surface area (Å²) in [6, 6.07) is 4.81. The molecule has 1 aromatic carbocycles. The Bertz CT molecular complexity index is 759. The van der Waals surface area contributed by atoms with E-state index < -0.39 is 29.3 Å². The minimum atomic E-state index is -1.30. The van der Waals surface area contributed by atoms with Gasteiger partial charge in [0.1, 0.15) is 18.4 Å². The van der Waals surface area contributed by atoms with Crippen LogP contribution in [0.4, 0.5) is 10.5 Å². The third-order valence-corrected chi connectivity index (χ3v) is 2.92. The quantitative estimate of drug-likeness (QED) is 0.311. The van der Waals surface area contributed by atoms with Crippen LogP contribution in [0.2, 0.25) is 0 Å². The van der Waals surface area contributed by atoms with Gasteiger partial charge in [-0.3, -0.25) is 10.1 Å². The molecule has 0 aliphatic carbocycles. The number of carbonyl (C=O) groups excluding carboxylic acids is 2. The van der Waals surface area contributed by atoms with Gasteiger partial charge in [0, 0.05) is 12.1 Å². The second kappa shape index (κ2) is 8.55. The number of carbonyl (C=O) groups is 2. The first-order valence-corrected chi connectivity index (χ1v) is 7.51. The van der Waals surface area contributed by atoms with Gasteiger partial charge in [0.2, 0.25) is 6.10 Å². The summed E-state index contributed by atoms with van der Waals surface area (Å²) in [5, 5.41) is 14.4. The lowest BCUT2D eigenvalue weighted by atomic mass is 10.3. The fraction of sp³-hybridized carbons (Fsp3) is 0.333. The number of rotatable bonds is 7. The molecule has 0 saturated heterocycles. The Morgan fingerprint density at radius 2 is 1.92 bits per heavy atom. The zero-order valence-corrected chi connectivity index (χ0v) is 14.0. The maximum Gasteiger partial charge on any atom is 0.514 e. The van der Waals surface area contributed by atoms with Gasteiger partial charge in [-0.2, -0.15) is 5.10 Å². The Kier molecular flexibility index (Phi) is 6.20. The van der Waals surface area contributed by atoms with E-state index in [0.717, 1.165) is 0 Å². The fourth-order valence-corrected chi connectivity index (χ4v) is 1.84. The predicted octanol–water partition coefficient (Wildman–Crippen LogP) is 1.72. The number of aromatic nitrogens is 3. The number of nitro groups is 1. The Hall–Kier alpha value is -3.50. The summed E-state index contributed by atoms with van der Waals surface area (Å²) in [6.07, 6.45) is -0.259. The molecule has 0 fully saturated rings. The van der Waals surface area contributed by atoms with Crippen molar-refractivity contribution < 1.29 is 28.7 Å². The van der Waals surface area contributed by atoms with Crippen molar-refractivity contribution in [2.45, 2.75) is 32.6 Å². The van der Waals surface area contributed by atoms with E-state index in [0.29, 0.717) is 0 Å². The first-order chi connectivity index (χ1) is 12.3. The molecule has 138 valence electrons. The lowest BCUT2D eigenvalue weighted by molar-refractivity contribution is -0.384. The van der Waals surface area contributed by atoms with Gasteiger partial charge in [-0.1, -0.05) is 0 Å². The summed E-state index contributed by atoms with van der Waals surface area (Å²) in [5.74, 6) is -0.742. The van der Waals surface area contributed by atoms with Crippen molar-refractivity contribution in [3.63, 3.8) is 0 Å². The van der Waals surface area contributed by atoms with Crippen LogP contribution in [0, 0.1) is 10.1 Å². The smallest absolute Gasteiger partial charge is 0.460 e. The molecule has 0 amide bonds. The van der Waals surface area contributed by atoms with Crippen molar-refractivity contribution >= 4 is 17.8 Å². The lowest BCUT2D eigenvalue weighted by Gasteiger charge is -2.17. The average Bonchev–Trinajstić information content (AvgIpc) is 3.07. The molecular weight excluding hydrogens is 348 g/mol. The molecule has 0 aliphatic heterocycles. The summed E-state index contributed by atoms with van der Waals surface area (Å²) in [4.78, 5) is 37.8. The molecule has 0 radical (unpaired) electrons. The number of benzene rings is 1. The van der Waals surface area contributed by atoms with Gasteiger partial charge in [0.05, 0.1) is 17.6 Å². The molecule has 0 spiro atoms. The summed E-state index contributed by atoms with van der Waals surface area (Å²) < 4.78 is 16.3. The van der Waals surface area contributed by atoms with Crippen LogP contribution in [0.3, 0.4) is 0 Å². The van der Waals surface area contributed by atoms with Crippen LogP contribution in [0.1, 0.15) is 13.8 Å². The van der Waals surface area contributed by atoms with Crippen LogP contribution in [-0.4, -0.2) is 44.0 Å². The first kappa shape index (κ1) is 18.8. The second-order valence-electron chi connectivity index (χ2n) is 5.31. The van der Waals surface area contributed by atoms with Crippen LogP contribution < -0.4 is 4.74 Å². The highest BCUT2D eigenvalue weighted by molar-refractivity contribution is 5.78. The lowest BCUT2D eigenvalue weighted by Crippen LogP contribution is -2.35. The highest BCUT2D eigenvalue weighted by Crippen LogP contribution is 2.18. The minimum absolute atomic E-state index is 0.0253. The van der Waals surface area contributed by atoms with E-state index in [1.807, 2.05) is 0 Å². The van der Waals surface area contributed by atoms with E-state index in [4.69, 9.17) is 14.2 Å². The molecule has 0 N–H and O–H groups in total. The molecule has 2 aromatic rings. The molecular formula is C15H16N4O7. The molecule has 0 bridgehead atoms. The Balaban J connectivity index is 2.02. The standard InChI is InChI=1S/C15H16N4O7/c1-10(2)24-14(20)13(7-18-9-16-8-17-18)26-15(21)25-12-5-3-11(4-6-12)19(22)23/h3-6,8-10,13H,7H2,1-2H3. The Morgan fingerprint density at radius 1 is 1.23 bits per heavy atom. The van der Waals surface area contributed by atoms with Crippen LogP contribution in [0.25, 0.3) is 0 Å². The van der Waals surface area contributed by atoms with Gasteiger partial charge < -0.3 is 14.2 Å². The molecule has 11 nitrogen and oxygen atoms in total. The van der Waals surface area contributed by atoms with E-state index >= 15 is 0 Å². The molecule has 0 aliphatic rings. The zero-order valence-electron chi connectivity index (χ0n) is 14.0. The number of hydrogen-bond acceptors (Lipinski definition) is 9. The largest absolute Gasteiger partial charge is 0.514 e. The molecule has 1 aromatic heterocycles. The maximum atomic E-state index is 12.1. The van der Waals surface area contributed by atoms with E-state index in [9.17, 15) is 19.7 Å². The van der Waals surface area contributed by atoms with E-state index in [1.54, 1.807) is 13.8 Å². The van der Waals surface area contributed by atoms with E-state index in [-0.39, 0.29) is 18.0 Å². The number of nitro benzene ring substituents is 1. The van der Waals surface area contributed by atoms with Gasteiger partial charge >= 0.3 is 12.1 Å². The average molecular weight is 364 g/mol. The Morgan fingerprint density at radius 3 is 2.46 bits per heavy atom. The van der Waals surface area contributed by atoms with Gasteiger partial charge in [0.25, 0.3) is 5.69 Å². The topological polar surface area (TPSA) is 136 Å². The van der Waals surface area contributed by atoms with E-state index in [2.05, 4.69) is 10.1 Å². The monoisotopic (exact) mass is 364 g/mol. The van der Waals surface area contributed by atoms with Crippen molar-refractivity contribution in [2.24, 2.45) is 0 Å². The van der Waals surface area contributed by atoms with Crippen molar-refractivity contribution in [1.29, 1.82) is 0 Å². The minimum Gasteiger partial charge on any atom is -0.460 e. The van der Waals surface area contributed by atoms with Crippen molar-refractivity contribution in [1.82, 2.24) is 14.8 Å². The van der Waals surface area contributed by atoms with Crippen molar-refractivity contribution in [2.75, 3.05) is 0 Å². The number of nitrogens with zero attached hydrogens (tertiary/aromatic N) is 4. The van der Waals surface area contributed by atoms with Crippen molar-refractivity contribution in [3.05, 3.63) is 47.0 Å². The van der Waals surface area contributed by atoms with Crippen LogP contribution >= 0.6 is 0 Å². The highest BCUT2D eigenvalue weighted by Gasteiger charge is 2.27. The van der Waals surface area contributed by atoms with Crippen molar-refractivity contribution in [3.8, 4) is 5.75 Å². The normalized spacial score (nSPS) is 11.7. The number of hydrogen-bond donors (Lipinski definition) is 0. The van der Waals surface area contributed by atoms with Crippen LogP contribution in [0.15, 0.2) is 36.9 Å². The third-order valence-electron chi connectivity index (χ3n) is 2.92. The van der Waals surface area contributed by atoms with Gasteiger partial charge in [-0.05, 0) is 26.0 Å². The summed E-state index contributed by atoms with van der Waals surface area (Å²) in [7, 11) is 0. The summed E-state index contributed by atoms with van der Waals surface area (Å²) >= 11 is 0. The first-order valence-electron chi connectivity index (χ1n) is 7.51. The molecule has 1 unspecified atom stereocenters. The third kappa shape index (κ3) is 5.54. The summed E-state index contributed by atoms with van der Waals surface area (Å²) in [6.45, 7) is 3.19. The van der Waals surface area contributed by atoms with Gasteiger partial charge in [0.15, 0.2) is 0 Å². The summed E-state index contributed by atoms with van der Waals surface area (Å²) in [5.41, 5.74) is -0.157. The number of ether oxygens (including phenoxy) is 3. The molecule has 1 atom stereocenters. The predicted molar refractivity (Wildman–Crippen MR) is 85.2 cm³/mol. The molecule has 2 rings (SSSR count). The fourth-order valence-electron chi connectivity index (χ4n) is 1.84. The molecule has 11 heteroatoms.